The maximum absolute atomic E-state index is 15.5. The number of amides is 1. The fourth-order valence-corrected chi connectivity index (χ4v) is 10.5. The standard InChI is InChI=1S/C47H51NO13S/c1-25-31(59-43(55)37(62)35(28-16-10-7-11-17-28)48-41(53)29-18-12-8-13-19-29)23-47(56)40(60-42(54)30-20-14-9-15-21-30)38-45(6,32(51)22-33-46(38,24-57-33)61-27(3)50)39(52)36(58-26(2)49)34(25)44(47,4)5/h7-21,31-33,35-38,40,51,56,62H,22-24H2,1-6H3,(H,48,53)/t31-,32-,33+,35-,36+,37-,38-,40-,45+,46-,47+/m0/s1. The minimum absolute atomic E-state index is 0.0538. The summed E-state index contributed by atoms with van der Waals surface area (Å²) in [6.45, 7) is 8.19. The van der Waals surface area contributed by atoms with Gasteiger partial charge in [-0.3, -0.25) is 24.0 Å². The number of esters is 4. The van der Waals surface area contributed by atoms with E-state index in [2.05, 4.69) is 5.32 Å². The zero-order valence-electron chi connectivity index (χ0n) is 35.2. The highest BCUT2D eigenvalue weighted by Gasteiger charge is 2.78. The molecule has 3 aromatic carbocycles. The van der Waals surface area contributed by atoms with Gasteiger partial charge in [0.15, 0.2) is 17.5 Å². The number of carbonyl (C=O) groups is 6. The average Bonchev–Trinajstić information content (AvgIpc) is 3.24. The SMILES string of the molecule is CC(=O)O[C@H]1C(=O)[C@@]2(C)[C@H]([C@H](OC(=O)c3ccccc3)[C@]3(O)C[C@H](OC(=O)[C@@H](S)[C@@H](NC(=O)c4ccccc4)c4ccccc4)C(C)=C1C3(C)C)[C@]1(OC(C)=O)CO[C@@H]1C[C@@H]2O. The molecule has 2 saturated carbocycles. The number of aliphatic hydroxyl groups is 2. The molecule has 11 atom stereocenters. The summed E-state index contributed by atoms with van der Waals surface area (Å²) in [4.78, 5) is 83.8. The molecule has 0 spiro atoms. The third kappa shape index (κ3) is 7.41. The molecule has 3 aliphatic carbocycles. The molecule has 14 nitrogen and oxygen atoms in total. The van der Waals surface area contributed by atoms with Crippen LogP contribution in [0.4, 0.5) is 0 Å². The number of hydrogen-bond donors (Lipinski definition) is 4. The fraction of sp³-hybridized carbons (Fsp3) is 0.447. The lowest BCUT2D eigenvalue weighted by Gasteiger charge is -2.67. The van der Waals surface area contributed by atoms with Gasteiger partial charge in [0, 0.05) is 37.7 Å². The molecule has 3 fully saturated rings. The number of rotatable bonds is 10. The first-order valence-electron chi connectivity index (χ1n) is 20.5. The quantitative estimate of drug-likeness (QED) is 0.0949. The van der Waals surface area contributed by atoms with Gasteiger partial charge >= 0.3 is 23.9 Å². The van der Waals surface area contributed by atoms with E-state index in [9.17, 15) is 34.2 Å². The summed E-state index contributed by atoms with van der Waals surface area (Å²) >= 11 is 4.71. The van der Waals surface area contributed by atoms with Crippen LogP contribution in [0.15, 0.2) is 102 Å². The molecule has 7 rings (SSSR count). The number of fused-ring (bicyclic) bond motifs is 5. The summed E-state index contributed by atoms with van der Waals surface area (Å²) < 4.78 is 30.6. The Morgan fingerprint density at radius 1 is 0.839 bits per heavy atom. The molecule has 328 valence electrons. The third-order valence-electron chi connectivity index (χ3n) is 13.5. The molecule has 1 heterocycles. The summed E-state index contributed by atoms with van der Waals surface area (Å²) in [6.07, 6.45) is -8.14. The van der Waals surface area contributed by atoms with Gasteiger partial charge in [-0.1, -0.05) is 80.6 Å². The minimum atomic E-state index is -2.33. The van der Waals surface area contributed by atoms with Crippen molar-refractivity contribution in [3.8, 4) is 0 Å². The number of Topliss-reactive ketones (excluding diaryl/α,β-unsaturated/α-hetero) is 1. The van der Waals surface area contributed by atoms with Crippen molar-refractivity contribution >= 4 is 48.2 Å². The molecule has 1 saturated heterocycles. The van der Waals surface area contributed by atoms with Crippen LogP contribution in [0.25, 0.3) is 0 Å². The van der Waals surface area contributed by atoms with Gasteiger partial charge in [-0.2, -0.15) is 12.6 Å². The van der Waals surface area contributed by atoms with Crippen LogP contribution in [0.5, 0.6) is 0 Å². The van der Waals surface area contributed by atoms with Gasteiger partial charge in [0.2, 0.25) is 0 Å². The Kier molecular flexibility index (Phi) is 12.1. The lowest BCUT2D eigenvalue weighted by Crippen LogP contribution is -2.82. The summed E-state index contributed by atoms with van der Waals surface area (Å²) in [5, 5.41) is 27.3. The second kappa shape index (κ2) is 16.7. The van der Waals surface area contributed by atoms with Crippen LogP contribution in [0, 0.1) is 16.7 Å². The van der Waals surface area contributed by atoms with Gasteiger partial charge < -0.3 is 39.2 Å². The maximum atomic E-state index is 15.5. The van der Waals surface area contributed by atoms with Gasteiger partial charge in [0.05, 0.1) is 35.6 Å². The van der Waals surface area contributed by atoms with Crippen molar-refractivity contribution in [1.82, 2.24) is 5.32 Å². The van der Waals surface area contributed by atoms with E-state index in [0.29, 0.717) is 11.1 Å². The molecule has 15 heteroatoms. The highest BCUT2D eigenvalue weighted by molar-refractivity contribution is 7.81. The Morgan fingerprint density at radius 3 is 1.97 bits per heavy atom. The van der Waals surface area contributed by atoms with Crippen molar-refractivity contribution in [2.45, 2.75) is 107 Å². The number of aliphatic hydroxyl groups excluding tert-OH is 1. The van der Waals surface area contributed by atoms with E-state index in [4.69, 9.17) is 36.3 Å². The van der Waals surface area contributed by atoms with Crippen molar-refractivity contribution < 1.29 is 62.7 Å². The van der Waals surface area contributed by atoms with E-state index in [1.165, 1.54) is 26.0 Å². The van der Waals surface area contributed by atoms with Gasteiger partial charge in [-0.15, -0.1) is 0 Å². The molecule has 2 bridgehead atoms. The van der Waals surface area contributed by atoms with Crippen molar-refractivity contribution in [2.75, 3.05) is 6.61 Å². The lowest BCUT2D eigenvalue weighted by molar-refractivity contribution is -0.346. The summed E-state index contributed by atoms with van der Waals surface area (Å²) in [5.74, 6) is -6.28. The van der Waals surface area contributed by atoms with Gasteiger partial charge in [-0.05, 0) is 54.8 Å². The Morgan fingerprint density at radius 2 is 1.42 bits per heavy atom. The number of nitrogens with one attached hydrogen (secondary N) is 1. The van der Waals surface area contributed by atoms with Crippen LogP contribution in [0.2, 0.25) is 0 Å². The predicted octanol–water partition coefficient (Wildman–Crippen LogP) is 4.67. The van der Waals surface area contributed by atoms with Crippen LogP contribution < -0.4 is 5.32 Å². The van der Waals surface area contributed by atoms with Crippen LogP contribution in [-0.4, -0.2) is 99.4 Å². The number of benzene rings is 3. The van der Waals surface area contributed by atoms with E-state index in [0.717, 1.165) is 6.92 Å². The summed E-state index contributed by atoms with van der Waals surface area (Å²) in [5.41, 5.74) is -6.46. The van der Waals surface area contributed by atoms with E-state index in [-0.39, 0.29) is 29.7 Å². The van der Waals surface area contributed by atoms with Crippen LogP contribution in [0.1, 0.15) is 86.7 Å². The normalized spacial score (nSPS) is 31.9. The zero-order chi connectivity index (χ0) is 44.9. The van der Waals surface area contributed by atoms with Crippen LogP contribution in [0.3, 0.4) is 0 Å². The second-order valence-corrected chi connectivity index (χ2v) is 17.9. The Balaban J connectivity index is 1.39. The minimum Gasteiger partial charge on any atom is -0.457 e. The third-order valence-corrected chi connectivity index (χ3v) is 14.0. The average molecular weight is 870 g/mol. The first-order chi connectivity index (χ1) is 29.3. The van der Waals surface area contributed by atoms with Crippen molar-refractivity contribution in [3.63, 3.8) is 0 Å². The Hall–Kier alpha value is -5.35. The van der Waals surface area contributed by atoms with E-state index < -0.39 is 112 Å². The number of carbonyl (C=O) groups excluding carboxylic acids is 6. The van der Waals surface area contributed by atoms with Crippen molar-refractivity contribution in [2.24, 2.45) is 16.7 Å². The smallest absolute Gasteiger partial charge is 0.338 e. The summed E-state index contributed by atoms with van der Waals surface area (Å²) in [6, 6.07) is 24.0. The molecular weight excluding hydrogens is 819 g/mol. The van der Waals surface area contributed by atoms with E-state index in [1.807, 2.05) is 0 Å². The molecule has 3 N–H and O–H groups in total. The highest BCUT2D eigenvalue weighted by atomic mass is 32.1. The number of ketones is 1. The molecule has 4 aliphatic rings. The molecule has 0 radical (unpaired) electrons. The molecule has 0 aromatic heterocycles. The topological polar surface area (TPSA) is 201 Å². The number of thiol groups is 1. The highest BCUT2D eigenvalue weighted by Crippen LogP contribution is 2.64. The van der Waals surface area contributed by atoms with Crippen molar-refractivity contribution in [1.29, 1.82) is 0 Å². The van der Waals surface area contributed by atoms with Crippen LogP contribution in [-0.2, 0) is 42.9 Å². The number of hydrogen-bond acceptors (Lipinski definition) is 14. The molecule has 0 unspecified atom stereocenters. The molecule has 1 amide bonds. The van der Waals surface area contributed by atoms with Crippen molar-refractivity contribution in [3.05, 3.63) is 119 Å². The molecule has 62 heavy (non-hydrogen) atoms. The Labute approximate surface area is 364 Å². The molecule has 3 aromatic rings. The second-order valence-electron chi connectivity index (χ2n) is 17.4. The lowest BCUT2D eigenvalue weighted by atomic mass is 9.44. The Bertz CT molecular complexity index is 2290. The largest absolute Gasteiger partial charge is 0.457 e. The molecular formula is C47H51NO13S. The fourth-order valence-electron chi connectivity index (χ4n) is 10.2. The predicted molar refractivity (Wildman–Crippen MR) is 224 cm³/mol. The van der Waals surface area contributed by atoms with Gasteiger partial charge in [-0.25, -0.2) is 4.79 Å². The summed E-state index contributed by atoms with van der Waals surface area (Å²) in [7, 11) is 0. The van der Waals surface area contributed by atoms with E-state index in [1.54, 1.807) is 99.6 Å². The van der Waals surface area contributed by atoms with Gasteiger partial charge in [0.25, 0.3) is 5.91 Å². The maximum Gasteiger partial charge on any atom is 0.338 e. The first kappa shape index (κ1) is 44.7. The molecule has 1 aliphatic heterocycles. The monoisotopic (exact) mass is 869 g/mol. The van der Waals surface area contributed by atoms with Gasteiger partial charge in [0.1, 0.15) is 29.2 Å². The van der Waals surface area contributed by atoms with Crippen LogP contribution >= 0.6 is 12.6 Å². The van der Waals surface area contributed by atoms with E-state index >= 15 is 4.79 Å². The zero-order valence-corrected chi connectivity index (χ0v) is 36.1. The number of ether oxygens (including phenoxy) is 5. The first-order valence-corrected chi connectivity index (χ1v) is 21.0.